The molecule has 21 heavy (non-hydrogen) atoms. The van der Waals surface area contributed by atoms with Crippen molar-refractivity contribution < 1.29 is 4.79 Å². The van der Waals surface area contributed by atoms with Crippen LogP contribution in [-0.4, -0.2) is 36.0 Å². The number of Topliss-reactive ketones (excluding diaryl/α,β-unsaturated/α-hetero) is 1. The van der Waals surface area contributed by atoms with Crippen LogP contribution in [0.4, 0.5) is 0 Å². The van der Waals surface area contributed by atoms with Gasteiger partial charge in [0, 0.05) is 29.5 Å². The molecule has 0 aliphatic heterocycles. The molecule has 7 heteroatoms. The lowest BCUT2D eigenvalue weighted by atomic mass is 9.90. The maximum absolute atomic E-state index is 12.4. The Morgan fingerprint density at radius 2 is 2.29 bits per heavy atom. The fourth-order valence-electron chi connectivity index (χ4n) is 2.91. The monoisotopic (exact) mass is 286 g/mol. The van der Waals surface area contributed by atoms with Crippen molar-refractivity contribution in [3.63, 3.8) is 0 Å². The van der Waals surface area contributed by atoms with Crippen LogP contribution in [0.25, 0.3) is 5.95 Å². The Morgan fingerprint density at radius 3 is 2.90 bits per heavy atom. The molecule has 2 aromatic heterocycles. The van der Waals surface area contributed by atoms with E-state index in [-0.39, 0.29) is 17.6 Å². The summed E-state index contributed by atoms with van der Waals surface area (Å²) in [4.78, 5) is 21.3. The fraction of sp³-hybridized carbons (Fsp3) is 0.571. The summed E-state index contributed by atoms with van der Waals surface area (Å²) in [6, 6.07) is 0. The van der Waals surface area contributed by atoms with Crippen molar-refractivity contribution in [2.24, 2.45) is 5.92 Å². The highest BCUT2D eigenvalue weighted by atomic mass is 16.1. The molecule has 1 unspecified atom stereocenters. The number of hydrogen-bond donors (Lipinski definition) is 0. The number of nitrogens with zero attached hydrogens (tertiary/aromatic N) is 6. The number of rotatable bonds is 4. The molecule has 0 bridgehead atoms. The van der Waals surface area contributed by atoms with Gasteiger partial charge in [-0.05, 0) is 23.3 Å². The second-order valence-corrected chi connectivity index (χ2v) is 5.72. The first-order valence-corrected chi connectivity index (χ1v) is 7.25. The number of fused-ring (bicyclic) bond motifs is 1. The van der Waals surface area contributed by atoms with Crippen molar-refractivity contribution in [2.75, 3.05) is 0 Å². The third-order valence-electron chi connectivity index (χ3n) is 4.08. The van der Waals surface area contributed by atoms with E-state index in [0.29, 0.717) is 11.9 Å². The Labute approximate surface area is 122 Å². The van der Waals surface area contributed by atoms with Crippen molar-refractivity contribution in [2.45, 2.75) is 45.4 Å². The quantitative estimate of drug-likeness (QED) is 0.849. The SMILES string of the molecule is CCC1C[C@@H](C(=O)C(C)C)c2cnc(-n3cnnn3)nc21. The minimum Gasteiger partial charge on any atom is -0.299 e. The topological polar surface area (TPSA) is 86.5 Å². The summed E-state index contributed by atoms with van der Waals surface area (Å²) < 4.78 is 1.44. The second-order valence-electron chi connectivity index (χ2n) is 5.72. The van der Waals surface area contributed by atoms with Gasteiger partial charge in [-0.15, -0.1) is 5.10 Å². The first-order chi connectivity index (χ1) is 10.1. The van der Waals surface area contributed by atoms with Gasteiger partial charge >= 0.3 is 0 Å². The van der Waals surface area contributed by atoms with E-state index >= 15 is 0 Å². The molecule has 0 saturated heterocycles. The average Bonchev–Trinajstić information content (AvgIpc) is 3.13. The summed E-state index contributed by atoms with van der Waals surface area (Å²) in [5.41, 5.74) is 1.94. The molecular formula is C14H18N6O. The molecule has 0 radical (unpaired) electrons. The zero-order valence-corrected chi connectivity index (χ0v) is 12.4. The lowest BCUT2D eigenvalue weighted by molar-refractivity contribution is -0.123. The van der Waals surface area contributed by atoms with E-state index in [1.54, 1.807) is 6.20 Å². The summed E-state index contributed by atoms with van der Waals surface area (Å²) in [5, 5.41) is 11.0. The molecule has 0 spiro atoms. The van der Waals surface area contributed by atoms with Crippen molar-refractivity contribution in [1.82, 2.24) is 30.2 Å². The van der Waals surface area contributed by atoms with E-state index in [4.69, 9.17) is 0 Å². The zero-order valence-electron chi connectivity index (χ0n) is 12.4. The first-order valence-electron chi connectivity index (χ1n) is 7.25. The molecule has 0 saturated carbocycles. The maximum atomic E-state index is 12.4. The predicted octanol–water partition coefficient (Wildman–Crippen LogP) is 1.66. The third-order valence-corrected chi connectivity index (χ3v) is 4.08. The Balaban J connectivity index is 2.02. The van der Waals surface area contributed by atoms with Gasteiger partial charge in [-0.3, -0.25) is 4.79 Å². The summed E-state index contributed by atoms with van der Waals surface area (Å²) >= 11 is 0. The Bertz CT molecular complexity index is 651. The molecule has 7 nitrogen and oxygen atoms in total. The van der Waals surface area contributed by atoms with Gasteiger partial charge < -0.3 is 0 Å². The van der Waals surface area contributed by atoms with Gasteiger partial charge in [0.15, 0.2) is 0 Å². The van der Waals surface area contributed by atoms with Gasteiger partial charge in [0.2, 0.25) is 0 Å². The molecule has 2 atom stereocenters. The molecule has 0 amide bonds. The number of hydrogen-bond acceptors (Lipinski definition) is 6. The number of carbonyl (C=O) groups is 1. The summed E-state index contributed by atoms with van der Waals surface area (Å²) in [7, 11) is 0. The van der Waals surface area contributed by atoms with Crippen LogP contribution in [0.2, 0.25) is 0 Å². The minimum absolute atomic E-state index is 0.0256. The molecule has 0 aromatic carbocycles. The van der Waals surface area contributed by atoms with Gasteiger partial charge in [0.1, 0.15) is 12.1 Å². The highest BCUT2D eigenvalue weighted by molar-refractivity contribution is 5.88. The zero-order chi connectivity index (χ0) is 15.0. The number of tetrazole rings is 1. The normalized spacial score (nSPS) is 20.8. The standard InChI is InChI=1S/C14H18N6O/c1-4-9-5-10(13(21)8(2)3)11-6-15-14(17-12(9)11)20-7-16-18-19-20/h6-10H,4-5H2,1-3H3/t9?,10-/m1/s1. The van der Waals surface area contributed by atoms with Gasteiger partial charge in [0.05, 0.1) is 5.69 Å². The van der Waals surface area contributed by atoms with Crippen molar-refractivity contribution in [3.05, 3.63) is 23.8 Å². The van der Waals surface area contributed by atoms with Crippen LogP contribution in [0.5, 0.6) is 0 Å². The van der Waals surface area contributed by atoms with Crippen LogP contribution in [0, 0.1) is 5.92 Å². The third kappa shape index (κ3) is 2.32. The molecule has 3 rings (SSSR count). The summed E-state index contributed by atoms with van der Waals surface area (Å²) in [6.07, 6.45) is 5.02. The van der Waals surface area contributed by atoms with E-state index in [2.05, 4.69) is 32.4 Å². The largest absolute Gasteiger partial charge is 0.299 e. The van der Waals surface area contributed by atoms with E-state index in [0.717, 1.165) is 24.1 Å². The van der Waals surface area contributed by atoms with Crippen LogP contribution < -0.4 is 0 Å². The first kappa shape index (κ1) is 13.8. The maximum Gasteiger partial charge on any atom is 0.253 e. The summed E-state index contributed by atoms with van der Waals surface area (Å²) in [5.74, 6) is 0.970. The molecular weight excluding hydrogens is 268 g/mol. The lowest BCUT2D eigenvalue weighted by Gasteiger charge is -2.12. The average molecular weight is 286 g/mol. The van der Waals surface area contributed by atoms with Crippen LogP contribution >= 0.6 is 0 Å². The predicted molar refractivity (Wildman–Crippen MR) is 75.0 cm³/mol. The highest BCUT2D eigenvalue weighted by Crippen LogP contribution is 2.43. The van der Waals surface area contributed by atoms with Crippen molar-refractivity contribution in [1.29, 1.82) is 0 Å². The van der Waals surface area contributed by atoms with Crippen LogP contribution in [0.15, 0.2) is 12.5 Å². The van der Waals surface area contributed by atoms with Gasteiger partial charge in [-0.25, -0.2) is 9.97 Å². The molecule has 2 aromatic rings. The van der Waals surface area contributed by atoms with E-state index in [1.165, 1.54) is 11.0 Å². The Morgan fingerprint density at radius 1 is 1.48 bits per heavy atom. The van der Waals surface area contributed by atoms with E-state index in [1.807, 2.05) is 13.8 Å². The molecule has 1 aliphatic rings. The summed E-state index contributed by atoms with van der Waals surface area (Å²) in [6.45, 7) is 6.00. The van der Waals surface area contributed by atoms with Crippen molar-refractivity contribution in [3.8, 4) is 5.95 Å². The molecule has 2 heterocycles. The van der Waals surface area contributed by atoms with Crippen molar-refractivity contribution >= 4 is 5.78 Å². The fourth-order valence-corrected chi connectivity index (χ4v) is 2.91. The van der Waals surface area contributed by atoms with Crippen LogP contribution in [-0.2, 0) is 4.79 Å². The molecule has 110 valence electrons. The van der Waals surface area contributed by atoms with E-state index in [9.17, 15) is 4.79 Å². The van der Waals surface area contributed by atoms with Crippen LogP contribution in [0.3, 0.4) is 0 Å². The van der Waals surface area contributed by atoms with E-state index < -0.39 is 0 Å². The molecule has 1 aliphatic carbocycles. The molecule has 0 N–H and O–H groups in total. The number of aromatic nitrogens is 6. The molecule has 0 fully saturated rings. The second kappa shape index (κ2) is 5.31. The Hall–Kier alpha value is -2.18. The Kier molecular flexibility index (Phi) is 3.48. The smallest absolute Gasteiger partial charge is 0.253 e. The lowest BCUT2D eigenvalue weighted by Crippen LogP contribution is -2.16. The number of carbonyl (C=O) groups excluding carboxylic acids is 1. The highest BCUT2D eigenvalue weighted by Gasteiger charge is 2.37. The van der Waals surface area contributed by atoms with Gasteiger partial charge in [0.25, 0.3) is 5.95 Å². The minimum atomic E-state index is -0.0760. The number of ketones is 1. The van der Waals surface area contributed by atoms with Gasteiger partial charge in [-0.2, -0.15) is 4.68 Å². The van der Waals surface area contributed by atoms with Crippen LogP contribution in [0.1, 0.15) is 56.7 Å². The van der Waals surface area contributed by atoms with Gasteiger partial charge in [-0.1, -0.05) is 20.8 Å².